The first-order chi connectivity index (χ1) is 14.4. The molecule has 32 heavy (non-hydrogen) atoms. The summed E-state index contributed by atoms with van der Waals surface area (Å²) in [5, 5.41) is 4.70. The van der Waals surface area contributed by atoms with Crippen LogP contribution < -0.4 is 5.32 Å². The van der Waals surface area contributed by atoms with Crippen LogP contribution in [0.25, 0.3) is 0 Å². The molecule has 0 bridgehead atoms. The minimum atomic E-state index is -1.83. The molecule has 186 valence electrons. The van der Waals surface area contributed by atoms with Crippen molar-refractivity contribution in [2.24, 2.45) is 0 Å². The molecule has 0 fully saturated rings. The fraction of sp³-hybridized carbons (Fsp3) is 0.750. The molecule has 2 atom stereocenters. The van der Waals surface area contributed by atoms with Gasteiger partial charge in [-0.1, -0.05) is 44.5 Å². The van der Waals surface area contributed by atoms with Gasteiger partial charge in [-0.2, -0.15) is 0 Å². The summed E-state index contributed by atoms with van der Waals surface area (Å²) in [4.78, 5) is 0. The molecule has 8 heteroatoms. The van der Waals surface area contributed by atoms with Crippen molar-refractivity contribution in [2.45, 2.75) is 96.8 Å². The Morgan fingerprint density at radius 1 is 0.844 bits per heavy atom. The third-order valence-corrected chi connectivity index (χ3v) is 12.5. The maximum absolute atomic E-state index is 6.54. The largest absolute Gasteiger partial charge is 0.416 e. The normalized spacial score (nSPS) is 15.6. The summed E-state index contributed by atoms with van der Waals surface area (Å²) in [6.45, 7) is 27.0. The zero-order valence-electron chi connectivity index (χ0n) is 22.4. The Hall–Kier alpha value is 0.000649. The molecule has 0 heterocycles. The Morgan fingerprint density at radius 2 is 1.41 bits per heavy atom. The zero-order valence-corrected chi connectivity index (χ0v) is 26.2. The van der Waals surface area contributed by atoms with Gasteiger partial charge in [-0.05, 0) is 81.5 Å². The highest BCUT2D eigenvalue weighted by molar-refractivity contribution is 6.74. The summed E-state index contributed by atoms with van der Waals surface area (Å²) in [6, 6.07) is 8.32. The molecule has 0 unspecified atom stereocenters. The van der Waals surface area contributed by atoms with E-state index in [1.165, 1.54) is 5.56 Å². The van der Waals surface area contributed by atoms with Crippen molar-refractivity contribution >= 4 is 36.6 Å². The lowest BCUT2D eigenvalue weighted by Crippen LogP contribution is -2.49. The van der Waals surface area contributed by atoms with Crippen molar-refractivity contribution < 1.29 is 13.3 Å². The number of hydrogen-bond acceptors (Lipinski definition) is 4. The van der Waals surface area contributed by atoms with Crippen LogP contribution in [0, 0.1) is 0 Å². The average molecular weight is 518 g/mol. The molecule has 0 saturated carbocycles. The van der Waals surface area contributed by atoms with Crippen LogP contribution in [0.2, 0.25) is 62.4 Å². The number of benzene rings is 1. The average Bonchev–Trinajstić information content (AvgIpc) is 2.60. The highest BCUT2D eigenvalue weighted by atomic mass is 35.5. The molecule has 0 radical (unpaired) electrons. The molecule has 0 aromatic heterocycles. The van der Waals surface area contributed by atoms with E-state index in [9.17, 15) is 0 Å². The van der Waals surface area contributed by atoms with Crippen LogP contribution in [0.1, 0.15) is 26.3 Å². The molecular formula is C24H48ClNO3Si3. The van der Waals surface area contributed by atoms with E-state index in [0.29, 0.717) is 13.2 Å². The number of hydrogen-bond donors (Lipinski definition) is 1. The molecule has 0 amide bonds. The Labute approximate surface area is 206 Å². The van der Waals surface area contributed by atoms with Gasteiger partial charge in [0.05, 0.1) is 12.7 Å². The minimum Gasteiger partial charge on any atom is -0.416 e. The number of halogens is 1. The van der Waals surface area contributed by atoms with Gasteiger partial charge >= 0.3 is 0 Å². The first-order valence-electron chi connectivity index (χ1n) is 11.8. The van der Waals surface area contributed by atoms with E-state index in [2.05, 4.69) is 90.6 Å². The van der Waals surface area contributed by atoms with Crippen molar-refractivity contribution in [3.63, 3.8) is 0 Å². The molecule has 1 N–H and O–H groups in total. The topological polar surface area (TPSA) is 39.7 Å². The fourth-order valence-electron chi connectivity index (χ4n) is 2.90. The van der Waals surface area contributed by atoms with E-state index in [4.69, 9.17) is 24.9 Å². The van der Waals surface area contributed by atoms with Gasteiger partial charge in [0.2, 0.25) is 0 Å². The Morgan fingerprint density at radius 3 is 1.88 bits per heavy atom. The van der Waals surface area contributed by atoms with E-state index < -0.39 is 25.0 Å². The van der Waals surface area contributed by atoms with Gasteiger partial charge in [0, 0.05) is 24.2 Å². The summed E-state index contributed by atoms with van der Waals surface area (Å²) < 4.78 is 19.3. The highest BCUT2D eigenvalue weighted by Crippen LogP contribution is 2.36. The molecule has 0 saturated heterocycles. The monoisotopic (exact) mass is 517 g/mol. The Bertz CT molecular complexity index is 680. The first-order valence-corrected chi connectivity index (χ1v) is 21.9. The van der Waals surface area contributed by atoms with Crippen molar-refractivity contribution in [3.8, 4) is 0 Å². The highest BCUT2D eigenvalue weighted by Gasteiger charge is 2.38. The van der Waals surface area contributed by atoms with Crippen molar-refractivity contribution in [2.75, 3.05) is 19.8 Å². The first kappa shape index (κ1) is 30.0. The van der Waals surface area contributed by atoms with Crippen molar-refractivity contribution in [1.82, 2.24) is 5.32 Å². The van der Waals surface area contributed by atoms with Gasteiger partial charge in [-0.3, -0.25) is 0 Å². The standard InChI is InChI=1S/C24H48ClNO3Si3/c1-24(2,3)32(10,11)28-19-23(29-31(7,8)9)17-26-22(18-27-30(4,5)6)16-20-12-14-21(25)15-13-20/h12-15,22-23,26H,16-19H2,1-11H3/t22-,23-/m0/s1. The van der Waals surface area contributed by atoms with Crippen LogP contribution >= 0.6 is 11.6 Å². The molecule has 0 aliphatic heterocycles. The SMILES string of the molecule is CC(C)(C)[Si](C)(C)OC[C@H](CN[C@H](CO[Si](C)(C)C)Cc1ccc(Cl)cc1)O[Si](C)(C)C. The molecule has 1 rings (SSSR count). The Kier molecular flexibility index (Phi) is 11.4. The summed E-state index contributed by atoms with van der Waals surface area (Å²) in [5.74, 6) is 0. The lowest BCUT2D eigenvalue weighted by molar-refractivity contribution is 0.107. The predicted octanol–water partition coefficient (Wildman–Crippen LogP) is 6.93. The summed E-state index contributed by atoms with van der Waals surface area (Å²) in [5.41, 5.74) is 1.26. The number of rotatable bonds is 13. The molecule has 4 nitrogen and oxygen atoms in total. The van der Waals surface area contributed by atoms with Gasteiger partial charge in [0.1, 0.15) is 0 Å². The minimum absolute atomic E-state index is 0.0374. The van der Waals surface area contributed by atoms with Crippen molar-refractivity contribution in [3.05, 3.63) is 34.9 Å². The van der Waals surface area contributed by atoms with Gasteiger partial charge in [0.25, 0.3) is 0 Å². The fourth-order valence-corrected chi connectivity index (χ4v) is 5.91. The van der Waals surface area contributed by atoms with Gasteiger partial charge < -0.3 is 18.6 Å². The number of nitrogens with one attached hydrogen (secondary N) is 1. The smallest absolute Gasteiger partial charge is 0.192 e. The molecule has 0 spiro atoms. The second-order valence-corrected chi connectivity index (χ2v) is 26.5. The van der Waals surface area contributed by atoms with E-state index in [1.807, 2.05) is 12.1 Å². The van der Waals surface area contributed by atoms with Crippen LogP contribution in [0.3, 0.4) is 0 Å². The van der Waals surface area contributed by atoms with Gasteiger partial charge in [0.15, 0.2) is 25.0 Å². The molecule has 1 aromatic rings. The lowest BCUT2D eigenvalue weighted by Gasteiger charge is -2.38. The quantitative estimate of drug-likeness (QED) is 0.288. The summed E-state index contributed by atoms with van der Waals surface area (Å²) >= 11 is 6.08. The molecule has 0 aliphatic rings. The van der Waals surface area contributed by atoms with E-state index in [-0.39, 0.29) is 17.2 Å². The third-order valence-electron chi connectivity index (χ3n) is 5.70. The van der Waals surface area contributed by atoms with E-state index >= 15 is 0 Å². The Balaban J connectivity index is 2.87. The van der Waals surface area contributed by atoms with Crippen LogP contribution in [0.4, 0.5) is 0 Å². The van der Waals surface area contributed by atoms with Crippen LogP contribution in [0.15, 0.2) is 24.3 Å². The van der Waals surface area contributed by atoms with E-state index in [0.717, 1.165) is 18.0 Å². The van der Waals surface area contributed by atoms with Crippen molar-refractivity contribution in [1.29, 1.82) is 0 Å². The molecule has 1 aromatic carbocycles. The third kappa shape index (κ3) is 12.5. The predicted molar refractivity (Wildman–Crippen MR) is 148 cm³/mol. The van der Waals surface area contributed by atoms with Crippen LogP contribution in [-0.4, -0.2) is 56.9 Å². The zero-order chi connectivity index (χ0) is 24.8. The van der Waals surface area contributed by atoms with E-state index in [1.54, 1.807) is 0 Å². The van der Waals surface area contributed by atoms with Crippen LogP contribution in [-0.2, 0) is 19.7 Å². The van der Waals surface area contributed by atoms with Gasteiger partial charge in [-0.25, -0.2) is 0 Å². The lowest BCUT2D eigenvalue weighted by atomic mass is 10.1. The summed E-state index contributed by atoms with van der Waals surface area (Å²) in [6.07, 6.45) is 0.931. The summed E-state index contributed by atoms with van der Waals surface area (Å²) in [7, 11) is -5.14. The van der Waals surface area contributed by atoms with Crippen LogP contribution in [0.5, 0.6) is 0 Å². The molecule has 0 aliphatic carbocycles. The maximum Gasteiger partial charge on any atom is 0.192 e. The van der Waals surface area contributed by atoms with Gasteiger partial charge in [-0.15, -0.1) is 0 Å². The second-order valence-electron chi connectivity index (χ2n) is 12.3. The maximum atomic E-state index is 6.54. The second kappa shape index (κ2) is 12.1. The molecular weight excluding hydrogens is 470 g/mol.